The highest BCUT2D eigenvalue weighted by molar-refractivity contribution is 5.63. The molecule has 88 valence electrons. The minimum absolute atomic E-state index is 0.528. The molecule has 1 atom stereocenters. The van der Waals surface area contributed by atoms with Gasteiger partial charge in [0.25, 0.3) is 0 Å². The van der Waals surface area contributed by atoms with Gasteiger partial charge < -0.3 is 15.1 Å². The minimum atomic E-state index is 0.528. The summed E-state index contributed by atoms with van der Waals surface area (Å²) in [6, 6.07) is 8.76. The van der Waals surface area contributed by atoms with Gasteiger partial charge in [-0.2, -0.15) is 0 Å². The molecular formula is C13H15N3O. The fourth-order valence-electron chi connectivity index (χ4n) is 2.13. The molecule has 3 rings (SSSR count). The van der Waals surface area contributed by atoms with Crippen LogP contribution in [0, 0.1) is 0 Å². The lowest BCUT2D eigenvalue weighted by Crippen LogP contribution is -2.21. The molecule has 2 aromatic rings. The van der Waals surface area contributed by atoms with Crippen molar-refractivity contribution in [3.8, 4) is 11.3 Å². The van der Waals surface area contributed by atoms with E-state index >= 15 is 0 Å². The lowest BCUT2D eigenvalue weighted by atomic mass is 10.1. The maximum atomic E-state index is 5.29. The van der Waals surface area contributed by atoms with E-state index in [-0.39, 0.29) is 0 Å². The molecule has 1 aromatic heterocycles. The van der Waals surface area contributed by atoms with E-state index in [4.69, 9.17) is 4.42 Å². The average molecular weight is 229 g/mol. The Hall–Kier alpha value is -1.81. The van der Waals surface area contributed by atoms with E-state index in [0.29, 0.717) is 6.04 Å². The molecule has 2 N–H and O–H groups in total. The van der Waals surface area contributed by atoms with Crippen LogP contribution >= 0.6 is 0 Å². The van der Waals surface area contributed by atoms with Crippen molar-refractivity contribution in [2.45, 2.75) is 12.5 Å². The predicted molar refractivity (Wildman–Crippen MR) is 66.8 cm³/mol. The second kappa shape index (κ2) is 4.59. The quantitative estimate of drug-likeness (QED) is 0.846. The van der Waals surface area contributed by atoms with Gasteiger partial charge in [-0.3, -0.25) is 0 Å². The molecule has 0 amide bonds. The van der Waals surface area contributed by atoms with Crippen molar-refractivity contribution >= 4 is 5.69 Å². The Morgan fingerprint density at radius 1 is 1.41 bits per heavy atom. The van der Waals surface area contributed by atoms with E-state index in [0.717, 1.165) is 30.1 Å². The molecule has 0 bridgehead atoms. The monoisotopic (exact) mass is 229 g/mol. The first-order valence-corrected chi connectivity index (χ1v) is 5.88. The van der Waals surface area contributed by atoms with E-state index in [1.54, 1.807) is 6.20 Å². The number of oxazole rings is 1. The number of anilines is 1. The second-order valence-electron chi connectivity index (χ2n) is 4.28. The molecular weight excluding hydrogens is 214 g/mol. The zero-order chi connectivity index (χ0) is 11.5. The summed E-state index contributed by atoms with van der Waals surface area (Å²) >= 11 is 0. The summed E-state index contributed by atoms with van der Waals surface area (Å²) < 4.78 is 5.29. The minimum Gasteiger partial charge on any atom is -0.444 e. The number of nitrogens with zero attached hydrogens (tertiary/aromatic N) is 1. The Morgan fingerprint density at radius 3 is 3.18 bits per heavy atom. The SMILES string of the molecule is c1cc(NC2CCNC2)cc(-c2cnco2)c1. The smallest absolute Gasteiger partial charge is 0.181 e. The van der Waals surface area contributed by atoms with Gasteiger partial charge in [0.05, 0.1) is 6.20 Å². The summed E-state index contributed by atoms with van der Waals surface area (Å²) in [7, 11) is 0. The van der Waals surface area contributed by atoms with Crippen LogP contribution in [0.1, 0.15) is 6.42 Å². The van der Waals surface area contributed by atoms with Gasteiger partial charge in [-0.05, 0) is 25.1 Å². The summed E-state index contributed by atoms with van der Waals surface area (Å²) in [5.41, 5.74) is 2.19. The molecule has 0 radical (unpaired) electrons. The zero-order valence-corrected chi connectivity index (χ0v) is 9.52. The van der Waals surface area contributed by atoms with Crippen LogP contribution in [-0.2, 0) is 0 Å². The average Bonchev–Trinajstić information content (AvgIpc) is 3.01. The van der Waals surface area contributed by atoms with Crippen molar-refractivity contribution in [3.05, 3.63) is 36.9 Å². The Morgan fingerprint density at radius 2 is 2.41 bits per heavy atom. The van der Waals surface area contributed by atoms with Gasteiger partial charge in [-0.15, -0.1) is 0 Å². The van der Waals surface area contributed by atoms with Crippen LogP contribution in [0.5, 0.6) is 0 Å². The number of rotatable bonds is 3. The zero-order valence-electron chi connectivity index (χ0n) is 9.52. The first-order chi connectivity index (χ1) is 8.42. The van der Waals surface area contributed by atoms with Crippen molar-refractivity contribution in [1.29, 1.82) is 0 Å². The molecule has 1 fully saturated rings. The van der Waals surface area contributed by atoms with Gasteiger partial charge in [-0.25, -0.2) is 4.98 Å². The third-order valence-electron chi connectivity index (χ3n) is 3.01. The standard InChI is InChI=1S/C13H15N3O/c1-2-10(13-8-15-9-17-13)6-11(3-1)16-12-4-5-14-7-12/h1-3,6,8-9,12,14,16H,4-5,7H2. The van der Waals surface area contributed by atoms with Crippen LogP contribution in [0.15, 0.2) is 41.3 Å². The third kappa shape index (κ3) is 2.31. The fraction of sp³-hybridized carbons (Fsp3) is 0.308. The van der Waals surface area contributed by atoms with Crippen molar-refractivity contribution < 1.29 is 4.42 Å². The van der Waals surface area contributed by atoms with Crippen molar-refractivity contribution in [3.63, 3.8) is 0 Å². The Balaban J connectivity index is 1.79. The highest BCUT2D eigenvalue weighted by atomic mass is 16.3. The Labute approximate surface area is 100 Å². The third-order valence-corrected chi connectivity index (χ3v) is 3.01. The number of hydrogen-bond acceptors (Lipinski definition) is 4. The van der Waals surface area contributed by atoms with Gasteiger partial charge in [0.1, 0.15) is 0 Å². The molecule has 17 heavy (non-hydrogen) atoms. The van der Waals surface area contributed by atoms with Crippen molar-refractivity contribution in [2.24, 2.45) is 0 Å². The van der Waals surface area contributed by atoms with Crippen molar-refractivity contribution in [2.75, 3.05) is 18.4 Å². The Bertz CT molecular complexity index is 475. The maximum absolute atomic E-state index is 5.29. The van der Waals surface area contributed by atoms with E-state index in [9.17, 15) is 0 Å². The molecule has 1 saturated heterocycles. The fourth-order valence-corrected chi connectivity index (χ4v) is 2.13. The van der Waals surface area contributed by atoms with Crippen LogP contribution in [0.3, 0.4) is 0 Å². The van der Waals surface area contributed by atoms with Gasteiger partial charge >= 0.3 is 0 Å². The van der Waals surface area contributed by atoms with Crippen LogP contribution in [-0.4, -0.2) is 24.1 Å². The second-order valence-corrected chi connectivity index (χ2v) is 4.28. The van der Waals surface area contributed by atoms with E-state index < -0.39 is 0 Å². The molecule has 1 aromatic carbocycles. The van der Waals surface area contributed by atoms with Crippen LogP contribution in [0.25, 0.3) is 11.3 Å². The Kier molecular flexibility index (Phi) is 2.80. The molecule has 1 unspecified atom stereocenters. The highest BCUT2D eigenvalue weighted by Crippen LogP contribution is 2.22. The van der Waals surface area contributed by atoms with E-state index in [2.05, 4.69) is 27.8 Å². The number of nitrogens with one attached hydrogen (secondary N) is 2. The summed E-state index contributed by atoms with van der Waals surface area (Å²) in [4.78, 5) is 3.93. The molecule has 1 aliphatic rings. The molecule has 0 saturated carbocycles. The summed E-state index contributed by atoms with van der Waals surface area (Å²) in [6.07, 6.45) is 4.36. The first-order valence-electron chi connectivity index (χ1n) is 5.88. The highest BCUT2D eigenvalue weighted by Gasteiger charge is 2.13. The predicted octanol–water partition coefficient (Wildman–Crippen LogP) is 2.12. The normalized spacial score (nSPS) is 19.4. The summed E-state index contributed by atoms with van der Waals surface area (Å²) in [6.45, 7) is 2.13. The maximum Gasteiger partial charge on any atom is 0.181 e. The molecule has 0 spiro atoms. The summed E-state index contributed by atoms with van der Waals surface area (Å²) in [5.74, 6) is 0.804. The number of aromatic nitrogens is 1. The topological polar surface area (TPSA) is 50.1 Å². The van der Waals surface area contributed by atoms with E-state index in [1.165, 1.54) is 12.8 Å². The van der Waals surface area contributed by atoms with Gasteiger partial charge in [-0.1, -0.05) is 12.1 Å². The molecule has 1 aliphatic heterocycles. The van der Waals surface area contributed by atoms with Crippen LogP contribution in [0.2, 0.25) is 0 Å². The lowest BCUT2D eigenvalue weighted by Gasteiger charge is -2.13. The number of hydrogen-bond donors (Lipinski definition) is 2. The summed E-state index contributed by atoms with van der Waals surface area (Å²) in [5, 5.41) is 6.86. The van der Waals surface area contributed by atoms with Crippen LogP contribution < -0.4 is 10.6 Å². The van der Waals surface area contributed by atoms with Gasteiger partial charge in [0.2, 0.25) is 0 Å². The van der Waals surface area contributed by atoms with E-state index in [1.807, 2.05) is 12.1 Å². The number of benzene rings is 1. The molecule has 4 heteroatoms. The van der Waals surface area contributed by atoms with Gasteiger partial charge in [0.15, 0.2) is 12.2 Å². The lowest BCUT2D eigenvalue weighted by molar-refractivity contribution is 0.572. The molecule has 2 heterocycles. The molecule has 4 nitrogen and oxygen atoms in total. The van der Waals surface area contributed by atoms with Gasteiger partial charge in [0, 0.05) is 23.8 Å². The first kappa shape index (κ1) is 10.4. The van der Waals surface area contributed by atoms with Crippen molar-refractivity contribution in [1.82, 2.24) is 10.3 Å². The largest absolute Gasteiger partial charge is 0.444 e. The molecule has 0 aliphatic carbocycles. The van der Waals surface area contributed by atoms with Crippen LogP contribution in [0.4, 0.5) is 5.69 Å².